The van der Waals surface area contributed by atoms with Crippen LogP contribution in [0.1, 0.15) is 28.8 Å². The number of carbonyl (C=O) groups is 1. The van der Waals surface area contributed by atoms with Crippen molar-refractivity contribution in [2.75, 3.05) is 6.54 Å². The Labute approximate surface area is 145 Å². The van der Waals surface area contributed by atoms with Gasteiger partial charge in [-0.15, -0.1) is 0 Å². The molecule has 0 saturated heterocycles. The van der Waals surface area contributed by atoms with E-state index >= 15 is 0 Å². The van der Waals surface area contributed by atoms with E-state index in [0.29, 0.717) is 11.7 Å². The van der Waals surface area contributed by atoms with Gasteiger partial charge in [0.2, 0.25) is 0 Å². The average Bonchev–Trinajstić information content (AvgIpc) is 3.35. The Kier molecular flexibility index (Phi) is 4.26. The molecule has 1 fully saturated rings. The van der Waals surface area contributed by atoms with E-state index in [1.54, 1.807) is 11.8 Å². The normalized spacial score (nSPS) is 14.0. The first kappa shape index (κ1) is 15.3. The smallest absolute Gasteiger partial charge is 0.251 e. The number of aromatic amines is 1. The van der Waals surface area contributed by atoms with E-state index in [1.807, 2.05) is 48.5 Å². The fraction of sp³-hybridized carbons (Fsp3) is 0.263. The second-order valence-electron chi connectivity index (χ2n) is 6.16. The Morgan fingerprint density at radius 3 is 2.79 bits per heavy atom. The third kappa shape index (κ3) is 3.46. The van der Waals surface area contributed by atoms with Gasteiger partial charge < -0.3 is 10.3 Å². The number of carbonyl (C=O) groups excluding carboxylic acids is 1. The van der Waals surface area contributed by atoms with Crippen LogP contribution < -0.4 is 5.32 Å². The van der Waals surface area contributed by atoms with Gasteiger partial charge in [0.1, 0.15) is 0 Å². The lowest BCUT2D eigenvalue weighted by Gasteiger charge is -2.09. The topological polar surface area (TPSA) is 57.8 Å². The molecule has 1 aromatic heterocycles. The number of hydrogen-bond donors (Lipinski definition) is 2. The fourth-order valence-corrected chi connectivity index (χ4v) is 3.55. The SMILES string of the molecule is O=C(NCC1CC1)c1ccccc1CSc1nc2ccccc2[nH]1. The Balaban J connectivity index is 1.46. The lowest BCUT2D eigenvalue weighted by Crippen LogP contribution is -2.26. The first-order valence-electron chi connectivity index (χ1n) is 8.23. The molecule has 0 radical (unpaired) electrons. The van der Waals surface area contributed by atoms with Crippen molar-refractivity contribution in [3.8, 4) is 0 Å². The van der Waals surface area contributed by atoms with E-state index in [-0.39, 0.29) is 5.91 Å². The van der Waals surface area contributed by atoms with Crippen LogP contribution in [0.25, 0.3) is 11.0 Å². The van der Waals surface area contributed by atoms with Gasteiger partial charge in [-0.05, 0) is 42.5 Å². The molecule has 1 aliphatic rings. The summed E-state index contributed by atoms with van der Waals surface area (Å²) in [5, 5.41) is 3.93. The molecule has 0 unspecified atom stereocenters. The molecule has 1 aliphatic carbocycles. The van der Waals surface area contributed by atoms with Crippen molar-refractivity contribution in [1.29, 1.82) is 0 Å². The Hall–Kier alpha value is -2.27. The summed E-state index contributed by atoms with van der Waals surface area (Å²) in [7, 11) is 0. The molecule has 0 aliphatic heterocycles. The third-order valence-electron chi connectivity index (χ3n) is 4.24. The van der Waals surface area contributed by atoms with Gasteiger partial charge in [0, 0.05) is 17.9 Å². The van der Waals surface area contributed by atoms with E-state index < -0.39 is 0 Å². The maximum Gasteiger partial charge on any atom is 0.251 e. The van der Waals surface area contributed by atoms with Gasteiger partial charge in [0.25, 0.3) is 5.91 Å². The molecule has 3 aromatic rings. The van der Waals surface area contributed by atoms with Crippen molar-refractivity contribution in [1.82, 2.24) is 15.3 Å². The molecule has 1 amide bonds. The molecule has 122 valence electrons. The highest BCUT2D eigenvalue weighted by molar-refractivity contribution is 7.98. The number of fused-ring (bicyclic) bond motifs is 1. The number of rotatable bonds is 6. The van der Waals surface area contributed by atoms with E-state index in [9.17, 15) is 4.79 Å². The predicted molar refractivity (Wildman–Crippen MR) is 97.2 cm³/mol. The van der Waals surface area contributed by atoms with Gasteiger partial charge in [-0.3, -0.25) is 4.79 Å². The van der Waals surface area contributed by atoms with Crippen LogP contribution in [0.5, 0.6) is 0 Å². The number of nitrogens with one attached hydrogen (secondary N) is 2. The molecule has 0 atom stereocenters. The number of hydrogen-bond acceptors (Lipinski definition) is 3. The van der Waals surface area contributed by atoms with Crippen LogP contribution >= 0.6 is 11.8 Å². The summed E-state index contributed by atoms with van der Waals surface area (Å²) in [6, 6.07) is 15.8. The van der Waals surface area contributed by atoms with Crippen LogP contribution in [-0.2, 0) is 5.75 Å². The molecule has 2 N–H and O–H groups in total. The zero-order chi connectivity index (χ0) is 16.4. The van der Waals surface area contributed by atoms with Crippen molar-refractivity contribution >= 4 is 28.7 Å². The molecule has 0 bridgehead atoms. The van der Waals surface area contributed by atoms with Gasteiger partial charge in [-0.25, -0.2) is 4.98 Å². The van der Waals surface area contributed by atoms with Gasteiger partial charge in [-0.1, -0.05) is 42.1 Å². The lowest BCUT2D eigenvalue weighted by molar-refractivity contribution is 0.0951. The van der Waals surface area contributed by atoms with Gasteiger partial charge in [0.05, 0.1) is 11.0 Å². The minimum Gasteiger partial charge on any atom is -0.352 e. The van der Waals surface area contributed by atoms with E-state index in [2.05, 4.69) is 15.3 Å². The van der Waals surface area contributed by atoms with Gasteiger partial charge in [-0.2, -0.15) is 0 Å². The van der Waals surface area contributed by atoms with Crippen LogP contribution in [0.2, 0.25) is 0 Å². The van der Waals surface area contributed by atoms with Crippen molar-refractivity contribution < 1.29 is 4.79 Å². The summed E-state index contributed by atoms with van der Waals surface area (Å²) in [5.41, 5.74) is 3.81. The highest BCUT2D eigenvalue weighted by atomic mass is 32.2. The number of para-hydroxylation sites is 2. The van der Waals surface area contributed by atoms with Crippen LogP contribution in [-0.4, -0.2) is 22.4 Å². The number of benzene rings is 2. The molecule has 5 heteroatoms. The zero-order valence-electron chi connectivity index (χ0n) is 13.3. The highest BCUT2D eigenvalue weighted by Crippen LogP contribution is 2.28. The average molecular weight is 337 g/mol. The number of amides is 1. The first-order valence-corrected chi connectivity index (χ1v) is 9.22. The molecule has 24 heavy (non-hydrogen) atoms. The van der Waals surface area contributed by atoms with Gasteiger partial charge in [0.15, 0.2) is 5.16 Å². The lowest BCUT2D eigenvalue weighted by atomic mass is 10.1. The van der Waals surface area contributed by atoms with Crippen molar-refractivity contribution in [3.63, 3.8) is 0 Å². The van der Waals surface area contributed by atoms with E-state index in [0.717, 1.165) is 33.9 Å². The highest BCUT2D eigenvalue weighted by Gasteiger charge is 2.22. The first-order chi connectivity index (χ1) is 11.8. The second-order valence-corrected chi connectivity index (χ2v) is 7.12. The Bertz CT molecular complexity index is 837. The summed E-state index contributed by atoms with van der Waals surface area (Å²) < 4.78 is 0. The molecule has 1 heterocycles. The second kappa shape index (κ2) is 6.69. The largest absolute Gasteiger partial charge is 0.352 e. The zero-order valence-corrected chi connectivity index (χ0v) is 14.1. The summed E-state index contributed by atoms with van der Waals surface area (Å²) in [6.07, 6.45) is 2.48. The van der Waals surface area contributed by atoms with Crippen molar-refractivity contribution in [3.05, 3.63) is 59.7 Å². The Morgan fingerprint density at radius 1 is 1.17 bits per heavy atom. The van der Waals surface area contributed by atoms with Crippen molar-refractivity contribution in [2.24, 2.45) is 5.92 Å². The monoisotopic (exact) mass is 337 g/mol. The number of nitrogens with zero attached hydrogens (tertiary/aromatic N) is 1. The molecule has 4 nitrogen and oxygen atoms in total. The number of imidazole rings is 1. The van der Waals surface area contributed by atoms with E-state index in [4.69, 9.17) is 0 Å². The molecule has 0 spiro atoms. The van der Waals surface area contributed by atoms with Gasteiger partial charge >= 0.3 is 0 Å². The Morgan fingerprint density at radius 2 is 1.96 bits per heavy atom. The number of H-pyrrole nitrogens is 1. The molecule has 1 saturated carbocycles. The quantitative estimate of drug-likeness (QED) is 0.669. The maximum atomic E-state index is 12.4. The minimum atomic E-state index is 0.0303. The summed E-state index contributed by atoms with van der Waals surface area (Å²) in [6.45, 7) is 0.796. The molecular formula is C19H19N3OS. The molecule has 4 rings (SSSR count). The standard InChI is InChI=1S/C19H19N3OS/c23-18(20-11-13-9-10-13)15-6-2-1-5-14(15)12-24-19-21-16-7-3-4-8-17(16)22-19/h1-8,13H,9-12H2,(H,20,23)(H,21,22). The number of thioether (sulfide) groups is 1. The van der Waals surface area contributed by atoms with Crippen molar-refractivity contribution in [2.45, 2.75) is 23.8 Å². The molecule has 2 aromatic carbocycles. The summed E-state index contributed by atoms with van der Waals surface area (Å²) in [4.78, 5) is 20.3. The predicted octanol–water partition coefficient (Wildman–Crippen LogP) is 4.00. The van der Waals surface area contributed by atoms with Crippen LogP contribution in [0.15, 0.2) is 53.7 Å². The molecular weight excluding hydrogens is 318 g/mol. The van der Waals surface area contributed by atoms with E-state index in [1.165, 1.54) is 12.8 Å². The minimum absolute atomic E-state index is 0.0303. The fourth-order valence-electron chi connectivity index (χ4n) is 2.67. The summed E-state index contributed by atoms with van der Waals surface area (Å²) >= 11 is 1.62. The third-order valence-corrected chi connectivity index (χ3v) is 5.16. The summed E-state index contributed by atoms with van der Waals surface area (Å²) in [5.74, 6) is 1.43. The van der Waals surface area contributed by atoms with Crippen LogP contribution in [0.3, 0.4) is 0 Å². The van der Waals surface area contributed by atoms with Crippen LogP contribution in [0.4, 0.5) is 0 Å². The van der Waals surface area contributed by atoms with Crippen LogP contribution in [0, 0.1) is 5.92 Å². The maximum absolute atomic E-state index is 12.4. The number of aromatic nitrogens is 2.